The van der Waals surface area contributed by atoms with Gasteiger partial charge in [-0.05, 0) is 45.8 Å². The summed E-state index contributed by atoms with van der Waals surface area (Å²) in [5.41, 5.74) is 16.6. The number of hydrogen-bond acceptors (Lipinski definition) is 6. The lowest BCUT2D eigenvalue weighted by Crippen LogP contribution is -2.04. The van der Waals surface area contributed by atoms with Crippen molar-refractivity contribution in [1.29, 1.82) is 5.53 Å². The molecule has 0 radical (unpaired) electrons. The van der Waals surface area contributed by atoms with E-state index in [1.807, 2.05) is 16.7 Å². The summed E-state index contributed by atoms with van der Waals surface area (Å²) >= 11 is 9.68. The van der Waals surface area contributed by atoms with Crippen LogP contribution in [0.25, 0.3) is 22.2 Å². The Morgan fingerprint density at radius 3 is 2.68 bits per heavy atom. The Morgan fingerprint density at radius 2 is 1.97 bits per heavy atom. The minimum Gasteiger partial charge on any atom is -0.383 e. The molecule has 2 aromatic carbocycles. The van der Waals surface area contributed by atoms with Crippen LogP contribution in [0.3, 0.4) is 0 Å². The van der Waals surface area contributed by atoms with E-state index < -0.39 is 5.82 Å². The van der Waals surface area contributed by atoms with E-state index in [9.17, 15) is 4.39 Å². The Morgan fingerprint density at radius 1 is 1.23 bits per heavy atom. The van der Waals surface area contributed by atoms with Gasteiger partial charge in [-0.25, -0.2) is 19.9 Å². The van der Waals surface area contributed by atoms with Gasteiger partial charge < -0.3 is 15.6 Å². The van der Waals surface area contributed by atoms with Gasteiger partial charge in [0.15, 0.2) is 0 Å². The number of nitrogen functional groups attached to an aromatic ring is 1. The van der Waals surface area contributed by atoms with Gasteiger partial charge in [0.25, 0.3) is 0 Å². The highest BCUT2D eigenvalue weighted by molar-refractivity contribution is 9.10. The highest BCUT2D eigenvalue weighted by Gasteiger charge is 2.21. The lowest BCUT2D eigenvalue weighted by atomic mass is 10.1. The topological polar surface area (TPSA) is 105 Å². The number of nitrogens with one attached hydrogen (secondary N) is 2. The van der Waals surface area contributed by atoms with Crippen LogP contribution >= 0.6 is 27.5 Å². The van der Waals surface area contributed by atoms with E-state index in [2.05, 4.69) is 36.3 Å². The third-order valence-corrected chi connectivity index (χ3v) is 5.75. The molecule has 0 unspecified atom stereocenters. The summed E-state index contributed by atoms with van der Waals surface area (Å²) in [6.07, 6.45) is 2.86. The van der Waals surface area contributed by atoms with Crippen LogP contribution in [0.5, 0.6) is 0 Å². The second-order valence-corrected chi connectivity index (χ2v) is 7.78. The van der Waals surface area contributed by atoms with E-state index in [-0.39, 0.29) is 12.2 Å². The number of allylic oxidation sites excluding steroid dienone is 1. The van der Waals surface area contributed by atoms with Crippen molar-refractivity contribution in [2.75, 3.05) is 11.1 Å². The molecule has 7 nitrogen and oxygen atoms in total. The molecular formula is C21H16BrClFN7. The van der Waals surface area contributed by atoms with E-state index in [1.54, 1.807) is 30.3 Å². The molecule has 31 heavy (non-hydrogen) atoms. The number of nitrogens with two attached hydrogens (primary N) is 1. The van der Waals surface area contributed by atoms with E-state index in [0.29, 0.717) is 32.2 Å². The molecule has 0 saturated carbocycles. The molecule has 0 saturated heterocycles. The highest BCUT2D eigenvalue weighted by atomic mass is 79.9. The van der Waals surface area contributed by atoms with E-state index in [0.717, 1.165) is 11.1 Å². The van der Waals surface area contributed by atoms with Crippen molar-refractivity contribution >= 4 is 50.1 Å². The van der Waals surface area contributed by atoms with Crippen LogP contribution in [-0.2, 0) is 6.54 Å². The first-order valence-electron chi connectivity index (χ1n) is 9.11. The summed E-state index contributed by atoms with van der Waals surface area (Å²) in [6.45, 7) is 0.187. The number of rotatable bonds is 6. The molecule has 0 atom stereocenters. The monoisotopic (exact) mass is 499 g/mol. The van der Waals surface area contributed by atoms with Gasteiger partial charge in [-0.15, -0.1) is 0 Å². The summed E-state index contributed by atoms with van der Waals surface area (Å²) in [7, 11) is 0. The highest BCUT2D eigenvalue weighted by Crippen LogP contribution is 2.40. The molecule has 0 aliphatic carbocycles. The number of benzene rings is 2. The first-order valence-corrected chi connectivity index (χ1v) is 10.3. The Kier molecular flexibility index (Phi) is 5.97. The number of anilines is 2. The summed E-state index contributed by atoms with van der Waals surface area (Å²) in [6, 6.07) is 13.6. The van der Waals surface area contributed by atoms with E-state index in [1.165, 1.54) is 18.6 Å². The van der Waals surface area contributed by atoms with Gasteiger partial charge in [-0.3, -0.25) is 0 Å². The lowest BCUT2D eigenvalue weighted by molar-refractivity contribution is 0.631. The fraction of sp³-hybridized carbons (Fsp3) is 0.0476. The first-order chi connectivity index (χ1) is 15.0. The number of para-hydroxylation sites is 1. The second-order valence-electron chi connectivity index (χ2n) is 6.59. The third kappa shape index (κ3) is 4.14. The van der Waals surface area contributed by atoms with Crippen LogP contribution < -0.4 is 11.1 Å². The maximum Gasteiger partial charge on any atom is 0.147 e. The molecule has 0 fully saturated rings. The normalized spacial score (nSPS) is 11.6. The lowest BCUT2D eigenvalue weighted by Gasteiger charge is -2.08. The molecule has 4 aromatic rings. The minimum absolute atomic E-state index is 0.187. The van der Waals surface area contributed by atoms with Crippen molar-refractivity contribution in [3.63, 3.8) is 0 Å². The summed E-state index contributed by atoms with van der Waals surface area (Å²) in [5, 5.41) is 7.73. The van der Waals surface area contributed by atoms with Gasteiger partial charge in [0, 0.05) is 16.8 Å². The van der Waals surface area contributed by atoms with Gasteiger partial charge in [0.1, 0.15) is 23.6 Å². The third-order valence-electron chi connectivity index (χ3n) is 4.67. The average molecular weight is 501 g/mol. The van der Waals surface area contributed by atoms with Gasteiger partial charge in [0.05, 0.1) is 27.9 Å². The van der Waals surface area contributed by atoms with Crippen molar-refractivity contribution in [2.24, 2.45) is 5.11 Å². The zero-order valence-electron chi connectivity index (χ0n) is 16.0. The zero-order chi connectivity index (χ0) is 22.0. The standard InChI is InChI=1S/C21H16BrClFN7/c22-19-17(12-5-7-13(23)8-6-12)18-20(25)28-11-29-21(18)31(19)10-14(30-26)9-27-16-4-2-1-3-15(16)24/h1-9,11,26-27H,10H2,(H2,25,28,29)/b14-9-,30-26?. The Bertz CT molecular complexity index is 1300. The van der Waals surface area contributed by atoms with Crippen LogP contribution in [0.2, 0.25) is 5.02 Å². The maximum atomic E-state index is 13.9. The van der Waals surface area contributed by atoms with Crippen molar-refractivity contribution < 1.29 is 4.39 Å². The molecule has 0 aliphatic heterocycles. The van der Waals surface area contributed by atoms with Crippen LogP contribution in [0.15, 0.2) is 76.5 Å². The van der Waals surface area contributed by atoms with Crippen molar-refractivity contribution in [3.05, 3.63) is 82.2 Å². The van der Waals surface area contributed by atoms with Crippen molar-refractivity contribution in [2.45, 2.75) is 6.54 Å². The molecule has 156 valence electrons. The zero-order valence-corrected chi connectivity index (χ0v) is 18.3. The summed E-state index contributed by atoms with van der Waals surface area (Å²) < 4.78 is 16.4. The Hall–Kier alpha value is -3.30. The van der Waals surface area contributed by atoms with Gasteiger partial charge in [0.2, 0.25) is 0 Å². The second kappa shape index (κ2) is 8.83. The fourth-order valence-corrected chi connectivity index (χ4v) is 4.05. The number of nitrogens with zero attached hydrogens (tertiary/aromatic N) is 4. The molecule has 0 spiro atoms. The predicted octanol–water partition coefficient (Wildman–Crippen LogP) is 6.22. The molecule has 2 heterocycles. The Labute approximate surface area is 190 Å². The van der Waals surface area contributed by atoms with Crippen LogP contribution in [0.1, 0.15) is 0 Å². The fourth-order valence-electron chi connectivity index (χ4n) is 3.20. The van der Waals surface area contributed by atoms with Crippen LogP contribution in [0.4, 0.5) is 15.9 Å². The van der Waals surface area contributed by atoms with E-state index >= 15 is 0 Å². The number of fused-ring (bicyclic) bond motifs is 1. The quantitative estimate of drug-likeness (QED) is 0.273. The molecule has 0 aliphatic rings. The van der Waals surface area contributed by atoms with Crippen LogP contribution in [-0.4, -0.2) is 14.5 Å². The number of aromatic nitrogens is 3. The number of hydrogen-bond donors (Lipinski definition) is 3. The molecule has 4 rings (SSSR count). The van der Waals surface area contributed by atoms with Gasteiger partial charge in [-0.1, -0.05) is 35.9 Å². The molecule has 2 aromatic heterocycles. The van der Waals surface area contributed by atoms with Crippen molar-refractivity contribution in [3.8, 4) is 11.1 Å². The van der Waals surface area contributed by atoms with Crippen molar-refractivity contribution in [1.82, 2.24) is 14.5 Å². The smallest absolute Gasteiger partial charge is 0.147 e. The number of halogens is 3. The predicted molar refractivity (Wildman–Crippen MR) is 123 cm³/mol. The largest absolute Gasteiger partial charge is 0.383 e. The van der Waals surface area contributed by atoms with E-state index in [4.69, 9.17) is 22.9 Å². The van der Waals surface area contributed by atoms with Gasteiger partial charge in [-0.2, -0.15) is 5.11 Å². The molecule has 0 bridgehead atoms. The minimum atomic E-state index is -0.402. The summed E-state index contributed by atoms with van der Waals surface area (Å²) in [4.78, 5) is 8.52. The molecule has 4 N–H and O–H groups in total. The summed E-state index contributed by atoms with van der Waals surface area (Å²) in [5.74, 6) is -0.0755. The Balaban J connectivity index is 1.78. The average Bonchev–Trinajstić information content (AvgIpc) is 3.05. The molecule has 10 heteroatoms. The van der Waals surface area contributed by atoms with Gasteiger partial charge >= 0.3 is 0 Å². The molecule has 0 amide bonds. The first kappa shape index (κ1) is 21.0. The maximum absolute atomic E-state index is 13.9. The SMILES string of the molecule is N=N/C(=C\Nc1ccccc1F)Cn1c(Br)c(-c2ccc(Cl)cc2)c2c(N)ncnc21. The molecular weight excluding hydrogens is 485 g/mol. The van der Waals surface area contributed by atoms with Crippen LogP contribution in [0, 0.1) is 11.3 Å².